The van der Waals surface area contributed by atoms with E-state index in [0.717, 1.165) is 51.0 Å². The number of urea groups is 1. The molecule has 1 unspecified atom stereocenters. The number of pyridine rings is 1. The van der Waals surface area contributed by atoms with Crippen LogP contribution in [-0.2, 0) is 0 Å². The van der Waals surface area contributed by atoms with E-state index in [-0.39, 0.29) is 6.03 Å². The van der Waals surface area contributed by atoms with Crippen LogP contribution in [0.4, 0.5) is 13.6 Å². The molecule has 2 aromatic rings. The average Bonchev–Trinajstić information content (AvgIpc) is 3.21. The molecule has 2 amide bonds. The van der Waals surface area contributed by atoms with Gasteiger partial charge >= 0.3 is 6.03 Å². The van der Waals surface area contributed by atoms with Gasteiger partial charge in [0.1, 0.15) is 4.32 Å². The number of nitrogens with one attached hydrogen (secondary N) is 1. The van der Waals surface area contributed by atoms with Gasteiger partial charge in [0.05, 0.1) is 6.04 Å². The number of nitrogens with zero attached hydrogens (tertiary/aromatic N) is 3. The van der Waals surface area contributed by atoms with Gasteiger partial charge in [0, 0.05) is 30.1 Å². The second kappa shape index (κ2) is 10.7. The predicted molar refractivity (Wildman–Crippen MR) is 127 cm³/mol. The van der Waals surface area contributed by atoms with Gasteiger partial charge in [-0.2, -0.15) is 0 Å². The van der Waals surface area contributed by atoms with Crippen LogP contribution in [0.25, 0.3) is 0 Å². The molecule has 32 heavy (non-hydrogen) atoms. The van der Waals surface area contributed by atoms with Crippen molar-refractivity contribution < 1.29 is 13.6 Å². The van der Waals surface area contributed by atoms with Crippen LogP contribution < -0.4 is 5.32 Å². The minimum absolute atomic E-state index is 0.288. The molecule has 9 heteroatoms. The standard InChI is InChI=1S/C23H26F2N4OS2/c24-18-6-5-17(14-19(18)25)21-15-32-23(31)29(21)22(30)27-10-3-11-28-12-7-16(8-13-28)20-4-1-2-9-26-20/h1-2,4-6,9,14,16,21H,3,7-8,10-13,15H2,(H,27,30). The molecule has 170 valence electrons. The Labute approximate surface area is 196 Å². The largest absolute Gasteiger partial charge is 0.338 e. The monoisotopic (exact) mass is 476 g/mol. The van der Waals surface area contributed by atoms with Crippen molar-refractivity contribution in [3.8, 4) is 0 Å². The zero-order valence-corrected chi connectivity index (χ0v) is 19.3. The lowest BCUT2D eigenvalue weighted by Gasteiger charge is -2.31. The van der Waals surface area contributed by atoms with Crippen LogP contribution >= 0.6 is 24.0 Å². The number of carbonyl (C=O) groups excluding carboxylic acids is 1. The first-order valence-electron chi connectivity index (χ1n) is 10.8. The molecule has 0 spiro atoms. The highest BCUT2D eigenvalue weighted by Crippen LogP contribution is 2.35. The quantitative estimate of drug-likeness (QED) is 0.483. The highest BCUT2D eigenvalue weighted by molar-refractivity contribution is 8.23. The van der Waals surface area contributed by atoms with Crippen molar-refractivity contribution in [1.82, 2.24) is 20.1 Å². The van der Waals surface area contributed by atoms with Crippen LogP contribution in [0.15, 0.2) is 42.6 Å². The molecule has 1 aromatic heterocycles. The predicted octanol–water partition coefficient (Wildman–Crippen LogP) is 4.71. The van der Waals surface area contributed by atoms with Crippen LogP contribution in [0.2, 0.25) is 0 Å². The lowest BCUT2D eigenvalue weighted by Crippen LogP contribution is -2.42. The van der Waals surface area contributed by atoms with Crippen LogP contribution in [0.5, 0.6) is 0 Å². The molecule has 5 nitrogen and oxygen atoms in total. The van der Waals surface area contributed by atoms with Crippen LogP contribution in [-0.4, -0.2) is 57.1 Å². The number of carbonyl (C=O) groups is 1. The number of benzene rings is 1. The Balaban J connectivity index is 1.22. The summed E-state index contributed by atoms with van der Waals surface area (Å²) in [4.78, 5) is 21.1. The number of hydrogen-bond donors (Lipinski definition) is 1. The van der Waals surface area contributed by atoms with E-state index in [4.69, 9.17) is 12.2 Å². The van der Waals surface area contributed by atoms with Gasteiger partial charge in [-0.05, 0) is 68.7 Å². The van der Waals surface area contributed by atoms with Crippen molar-refractivity contribution in [3.63, 3.8) is 0 Å². The maximum atomic E-state index is 13.7. The summed E-state index contributed by atoms with van der Waals surface area (Å²) < 4.78 is 27.4. The van der Waals surface area contributed by atoms with E-state index < -0.39 is 17.7 Å². The maximum Gasteiger partial charge on any atom is 0.323 e. The third-order valence-electron chi connectivity index (χ3n) is 6.04. The lowest BCUT2D eigenvalue weighted by atomic mass is 9.93. The molecule has 1 N–H and O–H groups in total. The number of likely N-dealkylation sites (tertiary alicyclic amines) is 1. The molecule has 0 saturated carbocycles. The molecule has 1 aromatic carbocycles. The van der Waals surface area contributed by atoms with Gasteiger partial charge in [-0.3, -0.25) is 9.88 Å². The Bertz CT molecular complexity index is 954. The van der Waals surface area contributed by atoms with E-state index in [2.05, 4.69) is 21.3 Å². The van der Waals surface area contributed by atoms with Crippen molar-refractivity contribution in [2.75, 3.05) is 31.9 Å². The topological polar surface area (TPSA) is 48.5 Å². The number of thioether (sulfide) groups is 1. The third-order valence-corrected chi connectivity index (χ3v) is 7.52. The van der Waals surface area contributed by atoms with E-state index in [9.17, 15) is 13.6 Å². The molecule has 2 aliphatic heterocycles. The minimum Gasteiger partial charge on any atom is -0.338 e. The van der Waals surface area contributed by atoms with Gasteiger partial charge in [0.2, 0.25) is 0 Å². The van der Waals surface area contributed by atoms with Gasteiger partial charge in [-0.15, -0.1) is 0 Å². The highest BCUT2D eigenvalue weighted by Gasteiger charge is 2.35. The second-order valence-corrected chi connectivity index (χ2v) is 9.75. The van der Waals surface area contributed by atoms with Crippen LogP contribution in [0, 0.1) is 11.6 Å². The zero-order chi connectivity index (χ0) is 22.5. The fourth-order valence-electron chi connectivity index (χ4n) is 4.26. The summed E-state index contributed by atoms with van der Waals surface area (Å²) in [5.41, 5.74) is 1.72. The summed E-state index contributed by atoms with van der Waals surface area (Å²) in [6, 6.07) is 9.14. The highest BCUT2D eigenvalue weighted by atomic mass is 32.2. The number of aromatic nitrogens is 1. The molecule has 1 atom stereocenters. The fourth-order valence-corrected chi connectivity index (χ4v) is 5.67. The number of amides is 2. The summed E-state index contributed by atoms with van der Waals surface area (Å²) in [6.45, 7) is 3.51. The molecule has 2 fully saturated rings. The molecule has 2 saturated heterocycles. The second-order valence-electron chi connectivity index (χ2n) is 8.09. The molecule has 0 aliphatic carbocycles. The Morgan fingerprint density at radius 2 is 2.00 bits per heavy atom. The molecule has 2 aliphatic rings. The van der Waals surface area contributed by atoms with Crippen molar-refractivity contribution in [1.29, 1.82) is 0 Å². The van der Waals surface area contributed by atoms with Crippen LogP contribution in [0.1, 0.15) is 42.5 Å². The SMILES string of the molecule is O=C(NCCCN1CCC(c2ccccn2)CC1)N1C(=S)SCC1c1ccc(F)c(F)c1. The molecule has 0 bridgehead atoms. The molecule has 3 heterocycles. The summed E-state index contributed by atoms with van der Waals surface area (Å²) >= 11 is 6.71. The number of halogens is 2. The minimum atomic E-state index is -0.919. The zero-order valence-electron chi connectivity index (χ0n) is 17.7. The fraction of sp³-hybridized carbons (Fsp3) is 0.435. The third kappa shape index (κ3) is 5.44. The van der Waals surface area contributed by atoms with Crippen molar-refractivity contribution in [3.05, 3.63) is 65.5 Å². The first-order chi connectivity index (χ1) is 15.5. The van der Waals surface area contributed by atoms with E-state index in [1.165, 1.54) is 28.4 Å². The van der Waals surface area contributed by atoms with Gasteiger partial charge < -0.3 is 10.2 Å². The van der Waals surface area contributed by atoms with Crippen molar-refractivity contribution in [2.45, 2.75) is 31.2 Å². The van der Waals surface area contributed by atoms with Gasteiger partial charge in [0.25, 0.3) is 0 Å². The number of thiocarbonyl (C=S) groups is 1. The van der Waals surface area contributed by atoms with E-state index in [1.54, 1.807) is 0 Å². The maximum absolute atomic E-state index is 13.7. The van der Waals surface area contributed by atoms with Gasteiger partial charge in [-0.1, -0.05) is 36.1 Å². The summed E-state index contributed by atoms with van der Waals surface area (Å²) in [5, 5.41) is 2.94. The smallest absolute Gasteiger partial charge is 0.323 e. The Morgan fingerprint density at radius 3 is 2.72 bits per heavy atom. The Kier molecular flexibility index (Phi) is 7.70. The Morgan fingerprint density at radius 1 is 1.19 bits per heavy atom. The van der Waals surface area contributed by atoms with Gasteiger partial charge in [-0.25, -0.2) is 13.6 Å². The molecular weight excluding hydrogens is 450 g/mol. The summed E-state index contributed by atoms with van der Waals surface area (Å²) in [7, 11) is 0. The molecular formula is C23H26F2N4OS2. The van der Waals surface area contributed by atoms with Crippen molar-refractivity contribution in [2.24, 2.45) is 0 Å². The van der Waals surface area contributed by atoms with Crippen molar-refractivity contribution >= 4 is 34.3 Å². The first-order valence-corrected chi connectivity index (χ1v) is 12.2. The molecule has 0 radical (unpaired) electrons. The lowest BCUT2D eigenvalue weighted by molar-refractivity contribution is 0.202. The van der Waals surface area contributed by atoms with Crippen LogP contribution in [0.3, 0.4) is 0 Å². The summed E-state index contributed by atoms with van der Waals surface area (Å²) in [5.74, 6) is -0.767. The number of rotatable bonds is 6. The van der Waals surface area contributed by atoms with E-state index >= 15 is 0 Å². The normalized spacial score (nSPS) is 20.0. The number of hydrogen-bond acceptors (Lipinski definition) is 5. The van der Waals surface area contributed by atoms with Gasteiger partial charge in [0.15, 0.2) is 11.6 Å². The average molecular weight is 477 g/mol. The molecule has 4 rings (SSSR count). The summed E-state index contributed by atoms with van der Waals surface area (Å²) in [6.07, 6.45) is 4.88. The first kappa shape index (κ1) is 23.1. The van der Waals surface area contributed by atoms with E-state index in [1.807, 2.05) is 18.3 Å². The van der Waals surface area contributed by atoms with E-state index in [0.29, 0.717) is 28.1 Å². The number of piperidine rings is 1. The Hall–Kier alpha value is -2.10.